The summed E-state index contributed by atoms with van der Waals surface area (Å²) in [6, 6.07) is 17.2. The molecule has 0 saturated carbocycles. The molecule has 0 saturated heterocycles. The average molecular weight is 183 g/mol. The van der Waals surface area contributed by atoms with E-state index >= 15 is 0 Å². The van der Waals surface area contributed by atoms with Crippen LogP contribution in [0.5, 0.6) is 5.75 Å². The van der Waals surface area contributed by atoms with E-state index in [9.17, 15) is 5.11 Å². The van der Waals surface area contributed by atoms with Crippen LogP contribution in [0.15, 0.2) is 54.6 Å². The first-order valence-electron chi connectivity index (χ1n) is 4.64. The summed E-state index contributed by atoms with van der Waals surface area (Å²) >= 11 is 0. The van der Waals surface area contributed by atoms with E-state index in [1.54, 1.807) is 18.2 Å². The first-order valence-corrected chi connectivity index (χ1v) is 4.64. The van der Waals surface area contributed by atoms with E-state index in [4.69, 9.17) is 0 Å². The Morgan fingerprint density at radius 2 is 1.50 bits per heavy atom. The number of hydrogen-bond acceptors (Lipinski definition) is 0. The first-order chi connectivity index (χ1) is 6.84. The molecule has 0 bridgehead atoms. The van der Waals surface area contributed by atoms with Crippen molar-refractivity contribution in [3.63, 3.8) is 0 Å². The second-order valence-electron chi connectivity index (χ2n) is 3.31. The SMILES string of the molecule is [O]c1cccc(Cc2ccccc2)c1. The molecule has 0 spiro atoms. The van der Waals surface area contributed by atoms with E-state index in [2.05, 4.69) is 12.1 Å². The maximum Gasteiger partial charge on any atom is 0.178 e. The number of benzene rings is 2. The van der Waals surface area contributed by atoms with Gasteiger partial charge in [-0.05, 0) is 29.7 Å². The number of rotatable bonds is 2. The standard InChI is InChI=1S/C13H11O/c14-13-8-4-7-12(10-13)9-11-5-2-1-3-6-11/h1-8,10H,9H2. The molecule has 0 aliphatic carbocycles. The quantitative estimate of drug-likeness (QED) is 0.679. The molecule has 0 aliphatic heterocycles. The highest BCUT2D eigenvalue weighted by molar-refractivity contribution is 5.31. The van der Waals surface area contributed by atoms with Crippen LogP contribution in [-0.2, 0) is 11.5 Å². The lowest BCUT2D eigenvalue weighted by molar-refractivity contribution is 0.354. The molecular formula is C13H11O. The summed E-state index contributed by atoms with van der Waals surface area (Å²) in [5.74, 6) is 0.0819. The molecule has 2 aromatic rings. The van der Waals surface area contributed by atoms with Gasteiger partial charge in [0.15, 0.2) is 5.75 Å². The normalized spacial score (nSPS) is 10.0. The van der Waals surface area contributed by atoms with E-state index in [-0.39, 0.29) is 5.75 Å². The molecule has 2 rings (SSSR count). The Labute approximate surface area is 83.6 Å². The maximum atomic E-state index is 11.1. The maximum absolute atomic E-state index is 11.1. The Balaban J connectivity index is 2.19. The van der Waals surface area contributed by atoms with Crippen molar-refractivity contribution in [2.24, 2.45) is 0 Å². The van der Waals surface area contributed by atoms with Gasteiger partial charge in [-0.2, -0.15) is 0 Å². The summed E-state index contributed by atoms with van der Waals surface area (Å²) in [5.41, 5.74) is 2.31. The van der Waals surface area contributed by atoms with Crippen molar-refractivity contribution < 1.29 is 5.11 Å². The van der Waals surface area contributed by atoms with Crippen LogP contribution in [0.2, 0.25) is 0 Å². The monoisotopic (exact) mass is 183 g/mol. The van der Waals surface area contributed by atoms with E-state index in [1.807, 2.05) is 24.3 Å². The van der Waals surface area contributed by atoms with Gasteiger partial charge in [-0.25, -0.2) is 0 Å². The molecule has 2 aromatic carbocycles. The Kier molecular flexibility index (Phi) is 2.50. The summed E-state index contributed by atoms with van der Waals surface area (Å²) < 4.78 is 0. The van der Waals surface area contributed by atoms with Gasteiger partial charge >= 0.3 is 0 Å². The van der Waals surface area contributed by atoms with Gasteiger partial charge in [-0.1, -0.05) is 42.5 Å². The van der Waals surface area contributed by atoms with Crippen molar-refractivity contribution in [3.05, 3.63) is 65.7 Å². The fourth-order valence-electron chi connectivity index (χ4n) is 1.49. The Hall–Kier alpha value is -1.76. The van der Waals surface area contributed by atoms with E-state index < -0.39 is 0 Å². The van der Waals surface area contributed by atoms with Gasteiger partial charge in [-0.15, -0.1) is 0 Å². The zero-order valence-corrected chi connectivity index (χ0v) is 7.81. The molecular weight excluding hydrogens is 172 g/mol. The van der Waals surface area contributed by atoms with E-state index in [0.29, 0.717) is 0 Å². The van der Waals surface area contributed by atoms with Crippen LogP contribution in [0, 0.1) is 0 Å². The van der Waals surface area contributed by atoms with Crippen LogP contribution in [0.25, 0.3) is 0 Å². The molecule has 1 radical (unpaired) electrons. The van der Waals surface area contributed by atoms with Gasteiger partial charge < -0.3 is 0 Å². The van der Waals surface area contributed by atoms with Crippen LogP contribution in [0.4, 0.5) is 0 Å². The summed E-state index contributed by atoms with van der Waals surface area (Å²) in [6.07, 6.45) is 0.830. The van der Waals surface area contributed by atoms with Crippen LogP contribution in [-0.4, -0.2) is 0 Å². The molecule has 0 heterocycles. The fourth-order valence-corrected chi connectivity index (χ4v) is 1.49. The molecule has 0 atom stereocenters. The smallest absolute Gasteiger partial charge is 0.178 e. The zero-order chi connectivity index (χ0) is 9.80. The number of hydrogen-bond donors (Lipinski definition) is 0. The van der Waals surface area contributed by atoms with Gasteiger partial charge in [0.25, 0.3) is 0 Å². The third-order valence-corrected chi connectivity index (χ3v) is 2.15. The van der Waals surface area contributed by atoms with Crippen molar-refractivity contribution in [2.75, 3.05) is 0 Å². The van der Waals surface area contributed by atoms with Gasteiger partial charge in [0.05, 0.1) is 0 Å². The minimum absolute atomic E-state index is 0.0819. The zero-order valence-electron chi connectivity index (χ0n) is 7.81. The molecule has 0 N–H and O–H groups in total. The Bertz CT molecular complexity index is 407. The Morgan fingerprint density at radius 1 is 0.786 bits per heavy atom. The lowest BCUT2D eigenvalue weighted by atomic mass is 10.1. The van der Waals surface area contributed by atoms with E-state index in [1.165, 1.54) is 5.56 Å². The minimum atomic E-state index is 0.0819. The predicted molar refractivity (Wildman–Crippen MR) is 55.8 cm³/mol. The summed E-state index contributed by atoms with van der Waals surface area (Å²) in [7, 11) is 0. The van der Waals surface area contributed by atoms with Crippen molar-refractivity contribution in [1.82, 2.24) is 0 Å². The van der Waals surface area contributed by atoms with Crippen molar-refractivity contribution in [1.29, 1.82) is 0 Å². The van der Waals surface area contributed by atoms with Crippen LogP contribution >= 0.6 is 0 Å². The molecule has 0 unspecified atom stereocenters. The highest BCUT2D eigenvalue weighted by Crippen LogP contribution is 2.15. The summed E-state index contributed by atoms with van der Waals surface area (Å²) in [6.45, 7) is 0. The molecule has 14 heavy (non-hydrogen) atoms. The predicted octanol–water partition coefficient (Wildman–Crippen LogP) is 3.42. The summed E-state index contributed by atoms with van der Waals surface area (Å²) in [5, 5.41) is 11.1. The lowest BCUT2D eigenvalue weighted by Gasteiger charge is -2.00. The average Bonchev–Trinajstić information content (AvgIpc) is 2.19. The van der Waals surface area contributed by atoms with Crippen LogP contribution < -0.4 is 0 Å². The van der Waals surface area contributed by atoms with Gasteiger partial charge in [0.2, 0.25) is 0 Å². The van der Waals surface area contributed by atoms with Crippen molar-refractivity contribution in [2.45, 2.75) is 6.42 Å². The largest absolute Gasteiger partial charge is 0.290 e. The molecule has 0 amide bonds. The van der Waals surface area contributed by atoms with E-state index in [0.717, 1.165) is 12.0 Å². The molecule has 0 aromatic heterocycles. The van der Waals surface area contributed by atoms with Crippen molar-refractivity contribution >= 4 is 0 Å². The summed E-state index contributed by atoms with van der Waals surface area (Å²) in [4.78, 5) is 0. The first kappa shape index (κ1) is 8.82. The molecule has 1 heteroatoms. The molecule has 69 valence electrons. The highest BCUT2D eigenvalue weighted by atomic mass is 16.3. The molecule has 0 aliphatic rings. The fraction of sp³-hybridized carbons (Fsp3) is 0.0769. The van der Waals surface area contributed by atoms with Gasteiger partial charge in [0, 0.05) is 0 Å². The minimum Gasteiger partial charge on any atom is -0.290 e. The highest BCUT2D eigenvalue weighted by Gasteiger charge is 1.97. The van der Waals surface area contributed by atoms with Crippen LogP contribution in [0.1, 0.15) is 11.1 Å². The Morgan fingerprint density at radius 3 is 2.21 bits per heavy atom. The van der Waals surface area contributed by atoms with Crippen molar-refractivity contribution in [3.8, 4) is 5.75 Å². The second kappa shape index (κ2) is 3.97. The second-order valence-corrected chi connectivity index (χ2v) is 3.31. The third kappa shape index (κ3) is 2.13. The third-order valence-electron chi connectivity index (χ3n) is 2.15. The van der Waals surface area contributed by atoms with Gasteiger partial charge in [0.1, 0.15) is 0 Å². The molecule has 0 fully saturated rings. The topological polar surface area (TPSA) is 19.9 Å². The lowest BCUT2D eigenvalue weighted by Crippen LogP contribution is -1.86. The molecule has 1 nitrogen and oxygen atoms in total. The van der Waals surface area contributed by atoms with Crippen LogP contribution in [0.3, 0.4) is 0 Å². The van der Waals surface area contributed by atoms with Gasteiger partial charge in [-0.3, -0.25) is 5.11 Å².